The molecule has 1 heterocycles. The molecule has 0 spiro atoms. The number of hydrogen-bond acceptors (Lipinski definition) is 3. The van der Waals surface area contributed by atoms with Crippen LogP contribution in [0, 0.1) is 5.92 Å². The summed E-state index contributed by atoms with van der Waals surface area (Å²) in [6.07, 6.45) is 5.78. The van der Waals surface area contributed by atoms with Crippen molar-refractivity contribution in [3.63, 3.8) is 0 Å². The van der Waals surface area contributed by atoms with Crippen LogP contribution >= 0.6 is 11.8 Å². The minimum Gasteiger partial charge on any atom is -0.468 e. The molecule has 0 radical (unpaired) electrons. The number of hydrogen-bond donors (Lipinski definition) is 0. The minimum absolute atomic E-state index is 0.356. The van der Waals surface area contributed by atoms with Gasteiger partial charge in [-0.15, -0.1) is 0 Å². The molecule has 1 fully saturated rings. The highest BCUT2D eigenvalue weighted by molar-refractivity contribution is 7.98. The Kier molecular flexibility index (Phi) is 3.89. The van der Waals surface area contributed by atoms with Gasteiger partial charge >= 0.3 is 0 Å². The summed E-state index contributed by atoms with van der Waals surface area (Å²) in [7, 11) is 0. The Morgan fingerprint density at radius 3 is 3.13 bits per heavy atom. The minimum atomic E-state index is 0.356. The summed E-state index contributed by atoms with van der Waals surface area (Å²) in [6.45, 7) is 0. The van der Waals surface area contributed by atoms with E-state index in [1.165, 1.54) is 0 Å². The van der Waals surface area contributed by atoms with Crippen LogP contribution in [0.1, 0.15) is 31.4 Å². The molecule has 82 valence electrons. The monoisotopic (exact) mass is 224 g/mol. The highest BCUT2D eigenvalue weighted by Gasteiger charge is 2.23. The molecule has 1 aromatic heterocycles. The van der Waals surface area contributed by atoms with Crippen LogP contribution in [0.5, 0.6) is 0 Å². The van der Waals surface area contributed by atoms with Gasteiger partial charge in [-0.3, -0.25) is 4.79 Å². The molecule has 0 N–H and O–H groups in total. The van der Waals surface area contributed by atoms with Crippen molar-refractivity contribution >= 4 is 17.5 Å². The van der Waals surface area contributed by atoms with E-state index in [0.29, 0.717) is 11.7 Å². The van der Waals surface area contributed by atoms with Crippen molar-refractivity contribution in [2.45, 2.75) is 31.4 Å². The van der Waals surface area contributed by atoms with Crippen LogP contribution in [0.3, 0.4) is 0 Å². The van der Waals surface area contributed by atoms with Gasteiger partial charge in [-0.05, 0) is 37.1 Å². The van der Waals surface area contributed by atoms with Gasteiger partial charge < -0.3 is 4.42 Å². The summed E-state index contributed by atoms with van der Waals surface area (Å²) >= 11 is 1.85. The van der Waals surface area contributed by atoms with E-state index in [2.05, 4.69) is 0 Å². The van der Waals surface area contributed by atoms with Gasteiger partial charge in [-0.1, -0.05) is 0 Å². The van der Waals surface area contributed by atoms with Gasteiger partial charge in [-0.2, -0.15) is 11.8 Å². The summed E-state index contributed by atoms with van der Waals surface area (Å²) in [5.41, 5.74) is 0. The lowest BCUT2D eigenvalue weighted by Gasteiger charge is -2.06. The Hall–Kier alpha value is -0.700. The maximum absolute atomic E-state index is 11.4. The third kappa shape index (κ3) is 3.13. The molecule has 15 heavy (non-hydrogen) atoms. The molecule has 1 aliphatic rings. The van der Waals surface area contributed by atoms with Crippen molar-refractivity contribution in [3.05, 3.63) is 24.2 Å². The summed E-state index contributed by atoms with van der Waals surface area (Å²) in [4.78, 5) is 11.4. The van der Waals surface area contributed by atoms with Crippen molar-refractivity contribution in [1.29, 1.82) is 0 Å². The van der Waals surface area contributed by atoms with E-state index < -0.39 is 0 Å². The molecular weight excluding hydrogens is 208 g/mol. The van der Waals surface area contributed by atoms with Crippen LogP contribution in [0.4, 0.5) is 0 Å². The third-order valence-corrected chi connectivity index (χ3v) is 3.88. The average Bonchev–Trinajstić information content (AvgIpc) is 2.85. The normalized spacial score (nSPS) is 21.1. The van der Waals surface area contributed by atoms with Crippen molar-refractivity contribution in [2.75, 3.05) is 5.75 Å². The molecule has 0 amide bonds. The number of Topliss-reactive ketones (excluding diaryl/α,β-unsaturated/α-hetero) is 1. The largest absolute Gasteiger partial charge is 0.468 e. The number of carbonyl (C=O) groups is 1. The quantitative estimate of drug-likeness (QED) is 0.719. The fourth-order valence-electron chi connectivity index (χ4n) is 1.99. The predicted octanol–water partition coefficient (Wildman–Crippen LogP) is 3.27. The second kappa shape index (κ2) is 5.40. The number of ketones is 1. The Balaban J connectivity index is 1.61. The van der Waals surface area contributed by atoms with Gasteiger partial charge in [0.2, 0.25) is 0 Å². The SMILES string of the molecule is O=C1CCCC1CCSCc1ccco1. The number of rotatable bonds is 5. The zero-order chi connectivity index (χ0) is 10.5. The van der Waals surface area contributed by atoms with Crippen molar-refractivity contribution in [3.8, 4) is 0 Å². The zero-order valence-electron chi connectivity index (χ0n) is 8.78. The van der Waals surface area contributed by atoms with E-state index in [0.717, 1.165) is 42.9 Å². The summed E-state index contributed by atoms with van der Waals surface area (Å²) in [5, 5.41) is 0. The highest BCUT2D eigenvalue weighted by Crippen LogP contribution is 2.26. The highest BCUT2D eigenvalue weighted by atomic mass is 32.2. The predicted molar refractivity (Wildman–Crippen MR) is 61.8 cm³/mol. The molecule has 2 nitrogen and oxygen atoms in total. The molecular formula is C12H16O2S. The molecule has 3 heteroatoms. The molecule has 1 unspecified atom stereocenters. The van der Waals surface area contributed by atoms with Gasteiger partial charge in [0, 0.05) is 12.3 Å². The number of carbonyl (C=O) groups excluding carboxylic acids is 1. The standard InChI is InChI=1S/C12H16O2S/c13-12-5-1-3-10(12)6-8-15-9-11-4-2-7-14-11/h2,4,7,10H,1,3,5-6,8-9H2. The van der Waals surface area contributed by atoms with E-state index >= 15 is 0 Å². The van der Waals surface area contributed by atoms with Crippen molar-refractivity contribution < 1.29 is 9.21 Å². The van der Waals surface area contributed by atoms with Gasteiger partial charge in [0.1, 0.15) is 11.5 Å². The van der Waals surface area contributed by atoms with Gasteiger partial charge in [0.15, 0.2) is 0 Å². The van der Waals surface area contributed by atoms with Gasteiger partial charge in [0.25, 0.3) is 0 Å². The van der Waals surface area contributed by atoms with E-state index in [1.807, 2.05) is 23.9 Å². The van der Waals surface area contributed by atoms with E-state index in [4.69, 9.17) is 4.42 Å². The first-order chi connectivity index (χ1) is 7.36. The lowest BCUT2D eigenvalue weighted by molar-refractivity contribution is -0.120. The number of thioether (sulfide) groups is 1. The van der Waals surface area contributed by atoms with Crippen LogP contribution in [0.25, 0.3) is 0 Å². The first-order valence-electron chi connectivity index (χ1n) is 5.49. The van der Waals surface area contributed by atoms with Gasteiger partial charge in [-0.25, -0.2) is 0 Å². The third-order valence-electron chi connectivity index (χ3n) is 2.87. The van der Waals surface area contributed by atoms with Gasteiger partial charge in [0.05, 0.1) is 12.0 Å². The summed E-state index contributed by atoms with van der Waals surface area (Å²) in [5.74, 6) is 3.85. The zero-order valence-corrected chi connectivity index (χ0v) is 9.59. The smallest absolute Gasteiger partial charge is 0.136 e. The Labute approximate surface area is 94.4 Å². The second-order valence-corrected chi connectivity index (χ2v) is 5.08. The molecule has 0 aliphatic heterocycles. The second-order valence-electron chi connectivity index (χ2n) is 3.98. The number of furan rings is 1. The fourth-order valence-corrected chi connectivity index (χ4v) is 2.95. The topological polar surface area (TPSA) is 30.2 Å². The van der Waals surface area contributed by atoms with Crippen molar-refractivity contribution in [2.24, 2.45) is 5.92 Å². The van der Waals surface area contributed by atoms with E-state index in [1.54, 1.807) is 6.26 Å². The maximum Gasteiger partial charge on any atom is 0.136 e. The molecule has 0 saturated heterocycles. The van der Waals surface area contributed by atoms with Crippen molar-refractivity contribution in [1.82, 2.24) is 0 Å². The molecule has 0 bridgehead atoms. The molecule has 1 aliphatic carbocycles. The van der Waals surface area contributed by atoms with Crippen LogP contribution in [-0.2, 0) is 10.5 Å². The summed E-state index contributed by atoms with van der Waals surface area (Å²) in [6, 6.07) is 3.91. The lowest BCUT2D eigenvalue weighted by atomic mass is 10.1. The average molecular weight is 224 g/mol. The summed E-state index contributed by atoms with van der Waals surface area (Å²) < 4.78 is 5.24. The molecule has 1 atom stereocenters. The van der Waals surface area contributed by atoms with Crippen LogP contribution in [0.15, 0.2) is 22.8 Å². The first-order valence-corrected chi connectivity index (χ1v) is 6.64. The Morgan fingerprint density at radius 1 is 1.53 bits per heavy atom. The lowest BCUT2D eigenvalue weighted by Crippen LogP contribution is -2.06. The molecule has 0 aromatic carbocycles. The van der Waals surface area contributed by atoms with Crippen LogP contribution < -0.4 is 0 Å². The first kappa shape index (κ1) is 10.8. The Morgan fingerprint density at radius 2 is 2.47 bits per heavy atom. The van der Waals surface area contributed by atoms with Crippen LogP contribution in [-0.4, -0.2) is 11.5 Å². The van der Waals surface area contributed by atoms with E-state index in [-0.39, 0.29) is 0 Å². The van der Waals surface area contributed by atoms with E-state index in [9.17, 15) is 4.79 Å². The van der Waals surface area contributed by atoms with Crippen LogP contribution in [0.2, 0.25) is 0 Å². The molecule has 1 saturated carbocycles. The fraction of sp³-hybridized carbons (Fsp3) is 0.583. The maximum atomic E-state index is 11.4. The molecule has 1 aromatic rings. The molecule has 2 rings (SSSR count). The Bertz CT molecular complexity index is 305.